The summed E-state index contributed by atoms with van der Waals surface area (Å²) in [4.78, 5) is 10.4. The fourth-order valence-electron chi connectivity index (χ4n) is 1.10. The van der Waals surface area contributed by atoms with Gasteiger partial charge < -0.3 is 10.8 Å². The summed E-state index contributed by atoms with van der Waals surface area (Å²) in [6.45, 7) is 1.70. The molecule has 0 aliphatic rings. The summed E-state index contributed by atoms with van der Waals surface area (Å²) in [5.74, 6) is -1.55. The van der Waals surface area contributed by atoms with E-state index in [1.807, 2.05) is 0 Å². The Hall–Kier alpha value is -1.58. The first kappa shape index (κ1) is 9.51. The van der Waals surface area contributed by atoms with Crippen molar-refractivity contribution in [2.75, 3.05) is 5.73 Å². The largest absolute Gasteiger partial charge is 0.481 e. The summed E-state index contributed by atoms with van der Waals surface area (Å²) in [6, 6.07) is 2.60. The molecule has 13 heavy (non-hydrogen) atoms. The van der Waals surface area contributed by atoms with Crippen molar-refractivity contribution in [3.8, 4) is 0 Å². The van der Waals surface area contributed by atoms with E-state index in [1.54, 1.807) is 6.92 Å². The zero-order valence-corrected chi connectivity index (χ0v) is 7.17. The highest BCUT2D eigenvalue weighted by Crippen LogP contribution is 2.17. The van der Waals surface area contributed by atoms with E-state index in [0.717, 1.165) is 0 Å². The van der Waals surface area contributed by atoms with Gasteiger partial charge in [-0.1, -0.05) is 0 Å². The Labute approximate surface area is 75.0 Å². The molecule has 0 atom stereocenters. The van der Waals surface area contributed by atoms with Gasteiger partial charge >= 0.3 is 5.97 Å². The van der Waals surface area contributed by atoms with Gasteiger partial charge in [0.05, 0.1) is 12.1 Å². The van der Waals surface area contributed by atoms with E-state index in [1.165, 1.54) is 12.1 Å². The second-order valence-electron chi connectivity index (χ2n) is 2.87. The van der Waals surface area contributed by atoms with Gasteiger partial charge in [0.1, 0.15) is 5.82 Å². The molecule has 0 aliphatic carbocycles. The molecular formula is C9H10FNO2. The number of halogens is 1. The smallest absolute Gasteiger partial charge is 0.307 e. The number of nitrogen functional groups attached to an aromatic ring is 1. The van der Waals surface area contributed by atoms with Crippen LogP contribution in [0.4, 0.5) is 10.1 Å². The topological polar surface area (TPSA) is 63.3 Å². The number of carboxylic acids is 1. The molecule has 0 saturated carbocycles. The Balaban J connectivity index is 3.08. The number of hydrogen-bond acceptors (Lipinski definition) is 2. The first-order chi connectivity index (χ1) is 6.00. The summed E-state index contributed by atoms with van der Waals surface area (Å²) in [7, 11) is 0. The molecular weight excluding hydrogens is 173 g/mol. The Morgan fingerprint density at radius 3 is 2.77 bits per heavy atom. The van der Waals surface area contributed by atoms with Gasteiger partial charge in [0.2, 0.25) is 0 Å². The SMILES string of the molecule is Cc1cc(N)c(F)cc1CC(=O)O. The minimum absolute atomic E-state index is 0.0478. The van der Waals surface area contributed by atoms with Gasteiger partial charge in [0.25, 0.3) is 0 Å². The molecule has 1 rings (SSSR count). The van der Waals surface area contributed by atoms with Crippen molar-refractivity contribution in [2.24, 2.45) is 0 Å². The molecule has 4 heteroatoms. The lowest BCUT2D eigenvalue weighted by Crippen LogP contribution is -2.04. The molecule has 0 aliphatic heterocycles. The Bertz CT molecular complexity index is 350. The van der Waals surface area contributed by atoms with Gasteiger partial charge in [-0.05, 0) is 30.2 Å². The summed E-state index contributed by atoms with van der Waals surface area (Å²) in [5, 5.41) is 8.50. The molecule has 0 amide bonds. The van der Waals surface area contributed by atoms with Crippen molar-refractivity contribution in [2.45, 2.75) is 13.3 Å². The molecule has 0 aromatic heterocycles. The van der Waals surface area contributed by atoms with Gasteiger partial charge in [-0.15, -0.1) is 0 Å². The van der Waals surface area contributed by atoms with Crippen LogP contribution in [0.3, 0.4) is 0 Å². The number of anilines is 1. The molecule has 0 spiro atoms. The molecule has 3 N–H and O–H groups in total. The number of benzene rings is 1. The molecule has 0 radical (unpaired) electrons. The van der Waals surface area contributed by atoms with Crippen LogP contribution in [0.1, 0.15) is 11.1 Å². The highest BCUT2D eigenvalue weighted by molar-refractivity contribution is 5.71. The maximum absolute atomic E-state index is 12.9. The number of aliphatic carboxylic acids is 1. The first-order valence-electron chi connectivity index (χ1n) is 3.77. The summed E-state index contributed by atoms with van der Waals surface area (Å²) >= 11 is 0. The second kappa shape index (κ2) is 3.43. The lowest BCUT2D eigenvalue weighted by atomic mass is 10.0. The first-order valence-corrected chi connectivity index (χ1v) is 3.77. The molecule has 0 fully saturated rings. The third-order valence-electron chi connectivity index (χ3n) is 1.80. The number of aryl methyl sites for hydroxylation is 1. The maximum atomic E-state index is 12.9. The Morgan fingerprint density at radius 2 is 2.23 bits per heavy atom. The standard InChI is InChI=1S/C9H10FNO2/c1-5-2-8(11)7(10)3-6(5)4-9(12)13/h2-3H,4,11H2,1H3,(H,12,13). The van der Waals surface area contributed by atoms with Gasteiger partial charge in [-0.3, -0.25) is 4.79 Å². The average Bonchev–Trinajstić information content (AvgIpc) is 1.99. The summed E-state index contributed by atoms with van der Waals surface area (Å²) < 4.78 is 12.9. The number of rotatable bonds is 2. The fourth-order valence-corrected chi connectivity index (χ4v) is 1.10. The lowest BCUT2D eigenvalue weighted by molar-refractivity contribution is -0.136. The molecule has 1 aromatic rings. The van der Waals surface area contributed by atoms with E-state index in [0.29, 0.717) is 11.1 Å². The summed E-state index contributed by atoms with van der Waals surface area (Å²) in [5.41, 5.74) is 6.50. The third kappa shape index (κ3) is 2.18. The van der Waals surface area contributed by atoms with Crippen LogP contribution >= 0.6 is 0 Å². The van der Waals surface area contributed by atoms with E-state index in [2.05, 4.69) is 0 Å². The molecule has 0 saturated heterocycles. The molecule has 1 aromatic carbocycles. The Morgan fingerprint density at radius 1 is 1.62 bits per heavy atom. The van der Waals surface area contributed by atoms with Crippen molar-refractivity contribution in [3.63, 3.8) is 0 Å². The zero-order valence-electron chi connectivity index (χ0n) is 7.17. The van der Waals surface area contributed by atoms with Crippen LogP contribution in [0.2, 0.25) is 0 Å². The van der Waals surface area contributed by atoms with Crippen LogP contribution in [0, 0.1) is 12.7 Å². The van der Waals surface area contributed by atoms with Crippen molar-refractivity contribution in [1.82, 2.24) is 0 Å². The number of nitrogens with two attached hydrogens (primary N) is 1. The number of hydrogen-bond donors (Lipinski definition) is 2. The normalized spacial score (nSPS) is 10.0. The van der Waals surface area contributed by atoms with Crippen molar-refractivity contribution in [3.05, 3.63) is 29.1 Å². The second-order valence-corrected chi connectivity index (χ2v) is 2.87. The van der Waals surface area contributed by atoms with E-state index in [-0.39, 0.29) is 12.1 Å². The number of carbonyl (C=O) groups is 1. The molecule has 0 bridgehead atoms. The Kier molecular flexibility index (Phi) is 2.51. The number of carboxylic acid groups (broad SMARTS) is 1. The predicted octanol–water partition coefficient (Wildman–Crippen LogP) is 1.34. The third-order valence-corrected chi connectivity index (χ3v) is 1.80. The van der Waals surface area contributed by atoms with Gasteiger partial charge in [-0.25, -0.2) is 4.39 Å². The van der Waals surface area contributed by atoms with Gasteiger partial charge in [0.15, 0.2) is 0 Å². The van der Waals surface area contributed by atoms with E-state index >= 15 is 0 Å². The molecule has 0 heterocycles. The average molecular weight is 183 g/mol. The molecule has 70 valence electrons. The minimum atomic E-state index is -0.979. The lowest BCUT2D eigenvalue weighted by Gasteiger charge is -2.04. The highest BCUT2D eigenvalue weighted by atomic mass is 19.1. The van der Waals surface area contributed by atoms with Gasteiger partial charge in [-0.2, -0.15) is 0 Å². The van der Waals surface area contributed by atoms with Gasteiger partial charge in [0, 0.05) is 0 Å². The van der Waals surface area contributed by atoms with E-state index < -0.39 is 11.8 Å². The van der Waals surface area contributed by atoms with Crippen molar-refractivity contribution in [1.29, 1.82) is 0 Å². The predicted molar refractivity (Wildman–Crippen MR) is 46.9 cm³/mol. The van der Waals surface area contributed by atoms with E-state index in [9.17, 15) is 9.18 Å². The summed E-state index contributed by atoms with van der Waals surface area (Å²) in [6.07, 6.45) is -0.178. The van der Waals surface area contributed by atoms with Crippen LogP contribution < -0.4 is 5.73 Å². The highest BCUT2D eigenvalue weighted by Gasteiger charge is 2.07. The maximum Gasteiger partial charge on any atom is 0.307 e. The zero-order chi connectivity index (χ0) is 10.0. The quantitative estimate of drug-likeness (QED) is 0.680. The van der Waals surface area contributed by atoms with E-state index in [4.69, 9.17) is 10.8 Å². The van der Waals surface area contributed by atoms with Crippen LogP contribution in [-0.2, 0) is 11.2 Å². The van der Waals surface area contributed by atoms with Crippen molar-refractivity contribution < 1.29 is 14.3 Å². The van der Waals surface area contributed by atoms with Crippen molar-refractivity contribution >= 4 is 11.7 Å². The minimum Gasteiger partial charge on any atom is -0.481 e. The molecule has 3 nitrogen and oxygen atoms in total. The van der Waals surface area contributed by atoms with Crippen LogP contribution in [-0.4, -0.2) is 11.1 Å². The monoisotopic (exact) mass is 183 g/mol. The van der Waals surface area contributed by atoms with Crippen LogP contribution in [0.25, 0.3) is 0 Å². The van der Waals surface area contributed by atoms with Crippen LogP contribution in [0.15, 0.2) is 12.1 Å². The molecule has 0 unspecified atom stereocenters. The van der Waals surface area contributed by atoms with Crippen LogP contribution in [0.5, 0.6) is 0 Å². The fraction of sp³-hybridized carbons (Fsp3) is 0.222.